The minimum atomic E-state index is -0.605. The maximum Gasteiger partial charge on any atom is 0.243 e. The fourth-order valence-corrected chi connectivity index (χ4v) is 3.91. The molecule has 1 aromatic carbocycles. The Hall–Kier alpha value is -1.07. The quantitative estimate of drug-likeness (QED) is 0.889. The predicted molar refractivity (Wildman–Crippen MR) is 83.5 cm³/mol. The van der Waals surface area contributed by atoms with Crippen molar-refractivity contribution in [2.75, 3.05) is 12.4 Å². The first kappa shape index (κ1) is 13.9. The maximum absolute atomic E-state index is 12.1. The minimum absolute atomic E-state index is 0.231. The third-order valence-corrected chi connectivity index (χ3v) is 5.38. The molecule has 0 radical (unpaired) electrons. The number of hydrogen-bond acceptors (Lipinski definition) is 3. The van der Waals surface area contributed by atoms with E-state index in [1.54, 1.807) is 0 Å². The van der Waals surface area contributed by atoms with Crippen LogP contribution >= 0.6 is 15.9 Å². The summed E-state index contributed by atoms with van der Waals surface area (Å²) in [7, 11) is 2.16. The maximum atomic E-state index is 12.1. The van der Waals surface area contributed by atoms with E-state index >= 15 is 0 Å². The first-order chi connectivity index (χ1) is 9.50. The fourth-order valence-electron chi connectivity index (χ4n) is 3.64. The number of nitrogens with two attached hydrogens (primary N) is 1. The number of carbonyl (C=O) groups excluding carboxylic acids is 1. The SMILES string of the molecule is CN1C2CCC1CC(Nc1ccc(Br)cc1)(C(N)=O)C2. The van der Waals surface area contributed by atoms with Crippen molar-refractivity contribution in [2.45, 2.75) is 43.3 Å². The number of nitrogens with one attached hydrogen (secondary N) is 1. The molecule has 3 N–H and O–H groups in total. The van der Waals surface area contributed by atoms with E-state index in [9.17, 15) is 4.79 Å². The lowest BCUT2D eigenvalue weighted by atomic mass is 9.82. The van der Waals surface area contributed by atoms with Gasteiger partial charge in [0, 0.05) is 22.2 Å². The van der Waals surface area contributed by atoms with Crippen LogP contribution in [0.5, 0.6) is 0 Å². The van der Waals surface area contributed by atoms with Gasteiger partial charge in [0.1, 0.15) is 5.54 Å². The first-order valence-corrected chi connectivity index (χ1v) is 7.85. The van der Waals surface area contributed by atoms with E-state index in [0.717, 1.165) is 35.8 Å². The average Bonchev–Trinajstić information content (AvgIpc) is 2.64. The molecule has 0 saturated carbocycles. The normalized spacial score (nSPS) is 33.1. The Morgan fingerprint density at radius 1 is 1.30 bits per heavy atom. The number of fused-ring (bicyclic) bond motifs is 2. The molecule has 0 spiro atoms. The highest BCUT2D eigenvalue weighted by Gasteiger charge is 2.50. The van der Waals surface area contributed by atoms with Crippen LogP contribution in [0.1, 0.15) is 25.7 Å². The largest absolute Gasteiger partial charge is 0.371 e. The Kier molecular flexibility index (Phi) is 3.50. The number of halogens is 1. The highest BCUT2D eigenvalue weighted by Crippen LogP contribution is 2.41. The highest BCUT2D eigenvalue weighted by atomic mass is 79.9. The number of primary amides is 1. The van der Waals surface area contributed by atoms with Crippen molar-refractivity contribution < 1.29 is 4.79 Å². The average molecular weight is 338 g/mol. The monoisotopic (exact) mass is 337 g/mol. The zero-order valence-electron chi connectivity index (χ0n) is 11.6. The fraction of sp³-hybridized carbons (Fsp3) is 0.533. The molecule has 1 aromatic rings. The van der Waals surface area contributed by atoms with Gasteiger partial charge in [-0.15, -0.1) is 0 Å². The Morgan fingerprint density at radius 3 is 2.35 bits per heavy atom. The van der Waals surface area contributed by atoms with Crippen molar-refractivity contribution >= 4 is 27.5 Å². The van der Waals surface area contributed by atoms with Gasteiger partial charge >= 0.3 is 0 Å². The van der Waals surface area contributed by atoms with Gasteiger partial charge in [0.05, 0.1) is 0 Å². The minimum Gasteiger partial charge on any atom is -0.371 e. The number of benzene rings is 1. The lowest BCUT2D eigenvalue weighted by molar-refractivity contribution is -0.124. The van der Waals surface area contributed by atoms with Crippen LogP contribution in [0.4, 0.5) is 5.69 Å². The van der Waals surface area contributed by atoms with Gasteiger partial charge in [-0.25, -0.2) is 0 Å². The molecule has 1 amide bonds. The molecule has 2 bridgehead atoms. The smallest absolute Gasteiger partial charge is 0.243 e. The molecule has 0 aliphatic carbocycles. The summed E-state index contributed by atoms with van der Waals surface area (Å²) in [6.45, 7) is 0. The van der Waals surface area contributed by atoms with Crippen molar-refractivity contribution in [3.05, 3.63) is 28.7 Å². The van der Waals surface area contributed by atoms with Gasteiger partial charge in [-0.2, -0.15) is 0 Å². The van der Waals surface area contributed by atoms with Gasteiger partial charge in [0.2, 0.25) is 5.91 Å². The number of anilines is 1. The molecule has 20 heavy (non-hydrogen) atoms. The Balaban J connectivity index is 1.86. The summed E-state index contributed by atoms with van der Waals surface area (Å²) in [6.07, 6.45) is 3.92. The van der Waals surface area contributed by atoms with Gasteiger partial charge in [-0.1, -0.05) is 15.9 Å². The van der Waals surface area contributed by atoms with Gasteiger partial charge < -0.3 is 16.0 Å². The second kappa shape index (κ2) is 5.04. The summed E-state index contributed by atoms with van der Waals surface area (Å²) >= 11 is 3.42. The number of piperidine rings is 1. The standard InChI is InChI=1S/C15H20BrN3O/c1-19-12-6-7-13(19)9-15(8-12,14(17)20)18-11-4-2-10(16)3-5-11/h2-5,12-13,18H,6-9H2,1H3,(H2,17,20). The van der Waals surface area contributed by atoms with Gasteiger partial charge in [0.25, 0.3) is 0 Å². The molecule has 2 fully saturated rings. The number of carbonyl (C=O) groups is 1. The molecule has 108 valence electrons. The van der Waals surface area contributed by atoms with Crippen molar-refractivity contribution in [1.29, 1.82) is 0 Å². The highest BCUT2D eigenvalue weighted by molar-refractivity contribution is 9.10. The molecule has 3 rings (SSSR count). The Labute approximate surface area is 127 Å². The van der Waals surface area contributed by atoms with Crippen LogP contribution in [0.2, 0.25) is 0 Å². The lowest BCUT2D eigenvalue weighted by Gasteiger charge is -2.44. The molecular formula is C15H20BrN3O. The second-order valence-electron chi connectivity index (χ2n) is 6.04. The van der Waals surface area contributed by atoms with Crippen molar-refractivity contribution in [3.8, 4) is 0 Å². The molecule has 2 heterocycles. The summed E-state index contributed by atoms with van der Waals surface area (Å²) in [6, 6.07) is 8.83. The summed E-state index contributed by atoms with van der Waals surface area (Å²) in [4.78, 5) is 14.5. The number of nitrogens with zero attached hydrogens (tertiary/aromatic N) is 1. The molecular weight excluding hydrogens is 318 g/mol. The number of rotatable bonds is 3. The van der Waals surface area contributed by atoms with E-state index in [2.05, 4.69) is 33.2 Å². The zero-order chi connectivity index (χ0) is 14.3. The van der Waals surface area contributed by atoms with Crippen LogP contribution in [-0.4, -0.2) is 35.5 Å². The van der Waals surface area contributed by atoms with E-state index in [4.69, 9.17) is 5.73 Å². The topological polar surface area (TPSA) is 58.4 Å². The van der Waals surface area contributed by atoms with Crippen LogP contribution in [-0.2, 0) is 4.79 Å². The summed E-state index contributed by atoms with van der Waals surface area (Å²) < 4.78 is 1.03. The Morgan fingerprint density at radius 2 is 1.85 bits per heavy atom. The first-order valence-electron chi connectivity index (χ1n) is 7.06. The van der Waals surface area contributed by atoms with Crippen LogP contribution in [0.25, 0.3) is 0 Å². The van der Waals surface area contributed by atoms with Crippen LogP contribution in [0.15, 0.2) is 28.7 Å². The number of amides is 1. The van der Waals surface area contributed by atoms with Gasteiger partial charge in [0.15, 0.2) is 0 Å². The molecule has 2 saturated heterocycles. The summed E-state index contributed by atoms with van der Waals surface area (Å²) in [5.74, 6) is -0.231. The summed E-state index contributed by atoms with van der Waals surface area (Å²) in [5, 5.41) is 3.42. The molecule has 2 aliphatic heterocycles. The van der Waals surface area contributed by atoms with E-state index in [0.29, 0.717) is 12.1 Å². The number of hydrogen-bond donors (Lipinski definition) is 2. The van der Waals surface area contributed by atoms with Crippen LogP contribution < -0.4 is 11.1 Å². The molecule has 2 unspecified atom stereocenters. The lowest BCUT2D eigenvalue weighted by Crippen LogP contribution is -2.59. The van der Waals surface area contributed by atoms with Crippen LogP contribution in [0, 0.1) is 0 Å². The Bertz CT molecular complexity index is 502. The van der Waals surface area contributed by atoms with Crippen LogP contribution in [0.3, 0.4) is 0 Å². The van der Waals surface area contributed by atoms with E-state index < -0.39 is 5.54 Å². The molecule has 4 nitrogen and oxygen atoms in total. The molecule has 2 aliphatic rings. The third kappa shape index (κ3) is 2.33. The van der Waals surface area contributed by atoms with Crippen molar-refractivity contribution in [3.63, 3.8) is 0 Å². The van der Waals surface area contributed by atoms with E-state index in [1.165, 1.54) is 0 Å². The molecule has 0 aromatic heterocycles. The van der Waals surface area contributed by atoms with Gasteiger partial charge in [-0.05, 0) is 57.0 Å². The van der Waals surface area contributed by atoms with Crippen molar-refractivity contribution in [2.24, 2.45) is 5.73 Å². The van der Waals surface area contributed by atoms with E-state index in [1.807, 2.05) is 24.3 Å². The van der Waals surface area contributed by atoms with Crippen molar-refractivity contribution in [1.82, 2.24) is 4.90 Å². The summed E-state index contributed by atoms with van der Waals surface area (Å²) in [5.41, 5.74) is 6.10. The molecule has 2 atom stereocenters. The second-order valence-corrected chi connectivity index (χ2v) is 6.95. The van der Waals surface area contributed by atoms with E-state index in [-0.39, 0.29) is 5.91 Å². The third-order valence-electron chi connectivity index (χ3n) is 4.85. The predicted octanol–water partition coefficient (Wildman–Crippen LogP) is 2.34. The molecule has 5 heteroatoms. The zero-order valence-corrected chi connectivity index (χ0v) is 13.2. The van der Waals surface area contributed by atoms with Gasteiger partial charge in [-0.3, -0.25) is 4.79 Å².